The van der Waals surface area contributed by atoms with Gasteiger partial charge in [0, 0.05) is 25.0 Å². The van der Waals surface area contributed by atoms with E-state index >= 15 is 0 Å². The fraction of sp³-hybridized carbons (Fsp3) is 0.500. The zero-order valence-electron chi connectivity index (χ0n) is 12.1. The summed E-state index contributed by atoms with van der Waals surface area (Å²) in [5.41, 5.74) is 1.09. The SMILES string of the molecule is CC1CN(c2ccnc(C(=O)NCC(=O)O)c2)CC(C)O1. The first-order valence-corrected chi connectivity index (χ1v) is 6.82. The van der Waals surface area contributed by atoms with Crippen molar-refractivity contribution in [3.05, 3.63) is 24.0 Å². The van der Waals surface area contributed by atoms with Crippen molar-refractivity contribution >= 4 is 17.6 Å². The van der Waals surface area contributed by atoms with Gasteiger partial charge in [-0.05, 0) is 26.0 Å². The summed E-state index contributed by atoms with van der Waals surface area (Å²) >= 11 is 0. The molecule has 0 radical (unpaired) electrons. The van der Waals surface area contributed by atoms with E-state index in [1.807, 2.05) is 19.9 Å². The Morgan fingerprint density at radius 3 is 2.71 bits per heavy atom. The zero-order chi connectivity index (χ0) is 15.4. The van der Waals surface area contributed by atoms with E-state index in [1.54, 1.807) is 12.3 Å². The number of morpholine rings is 1. The second-order valence-electron chi connectivity index (χ2n) is 5.14. The lowest BCUT2D eigenvalue weighted by atomic mass is 10.2. The molecule has 0 spiro atoms. The fourth-order valence-electron chi connectivity index (χ4n) is 2.38. The number of aliphatic carboxylic acids is 1. The number of pyridine rings is 1. The van der Waals surface area contributed by atoms with Gasteiger partial charge in [0.1, 0.15) is 12.2 Å². The molecule has 1 amide bonds. The van der Waals surface area contributed by atoms with Crippen LogP contribution in [0, 0.1) is 0 Å². The number of carboxylic acid groups (broad SMARTS) is 1. The Kier molecular flexibility index (Phi) is 4.74. The smallest absolute Gasteiger partial charge is 0.322 e. The highest BCUT2D eigenvalue weighted by molar-refractivity contribution is 5.94. The van der Waals surface area contributed by atoms with Gasteiger partial charge in [-0.25, -0.2) is 0 Å². The quantitative estimate of drug-likeness (QED) is 0.840. The number of rotatable bonds is 4. The van der Waals surface area contributed by atoms with E-state index in [-0.39, 0.29) is 17.9 Å². The van der Waals surface area contributed by atoms with E-state index in [9.17, 15) is 9.59 Å². The number of aromatic nitrogens is 1. The van der Waals surface area contributed by atoms with Crippen LogP contribution in [-0.2, 0) is 9.53 Å². The highest BCUT2D eigenvalue weighted by Gasteiger charge is 2.23. The second-order valence-corrected chi connectivity index (χ2v) is 5.14. The summed E-state index contributed by atoms with van der Waals surface area (Å²) in [5, 5.41) is 10.9. The van der Waals surface area contributed by atoms with Crippen LogP contribution in [-0.4, -0.2) is 53.8 Å². The maximum atomic E-state index is 11.8. The predicted molar refractivity (Wildman–Crippen MR) is 76.4 cm³/mol. The minimum Gasteiger partial charge on any atom is -0.480 e. The van der Waals surface area contributed by atoms with Gasteiger partial charge in [-0.3, -0.25) is 14.6 Å². The summed E-state index contributed by atoms with van der Waals surface area (Å²) in [5.74, 6) is -1.58. The molecule has 1 fully saturated rings. The van der Waals surface area contributed by atoms with Crippen LogP contribution in [0.2, 0.25) is 0 Å². The van der Waals surface area contributed by atoms with Crippen molar-refractivity contribution in [2.75, 3.05) is 24.5 Å². The van der Waals surface area contributed by atoms with Gasteiger partial charge >= 0.3 is 5.97 Å². The number of carbonyl (C=O) groups is 2. The minimum atomic E-state index is -1.09. The molecule has 7 heteroatoms. The molecule has 0 aliphatic carbocycles. The van der Waals surface area contributed by atoms with E-state index in [0.717, 1.165) is 18.8 Å². The van der Waals surface area contributed by atoms with Gasteiger partial charge in [-0.15, -0.1) is 0 Å². The van der Waals surface area contributed by atoms with E-state index in [0.29, 0.717) is 0 Å². The highest BCUT2D eigenvalue weighted by atomic mass is 16.5. The van der Waals surface area contributed by atoms with Crippen LogP contribution in [0.15, 0.2) is 18.3 Å². The van der Waals surface area contributed by atoms with Crippen molar-refractivity contribution in [2.45, 2.75) is 26.1 Å². The molecule has 0 bridgehead atoms. The number of hydrogen-bond donors (Lipinski definition) is 2. The Hall–Kier alpha value is -2.15. The third-order valence-electron chi connectivity index (χ3n) is 3.16. The molecule has 1 aromatic rings. The van der Waals surface area contributed by atoms with Gasteiger partial charge in [0.2, 0.25) is 0 Å². The van der Waals surface area contributed by atoms with Crippen LogP contribution in [0.4, 0.5) is 5.69 Å². The first kappa shape index (κ1) is 15.2. The van der Waals surface area contributed by atoms with E-state index < -0.39 is 18.4 Å². The molecule has 0 aromatic carbocycles. The van der Waals surface area contributed by atoms with Crippen molar-refractivity contribution in [1.29, 1.82) is 0 Å². The Bertz CT molecular complexity index is 525. The second kappa shape index (κ2) is 6.53. The van der Waals surface area contributed by atoms with E-state index in [1.165, 1.54) is 0 Å². The molecule has 2 heterocycles. The molecule has 114 valence electrons. The Morgan fingerprint density at radius 1 is 1.43 bits per heavy atom. The summed E-state index contributed by atoms with van der Waals surface area (Å²) in [6, 6.07) is 3.50. The summed E-state index contributed by atoms with van der Waals surface area (Å²) in [6.45, 7) is 5.07. The molecule has 1 aliphatic heterocycles. The van der Waals surface area contributed by atoms with E-state index in [4.69, 9.17) is 9.84 Å². The van der Waals surface area contributed by atoms with Crippen molar-refractivity contribution < 1.29 is 19.4 Å². The van der Waals surface area contributed by atoms with Crippen molar-refractivity contribution in [1.82, 2.24) is 10.3 Å². The van der Waals surface area contributed by atoms with Gasteiger partial charge in [0.15, 0.2) is 0 Å². The number of anilines is 1. The lowest BCUT2D eigenvalue weighted by Gasteiger charge is -2.36. The van der Waals surface area contributed by atoms with Gasteiger partial charge in [0.25, 0.3) is 5.91 Å². The van der Waals surface area contributed by atoms with Gasteiger partial charge in [0.05, 0.1) is 12.2 Å². The average molecular weight is 293 g/mol. The number of carboxylic acids is 1. The molecule has 0 saturated carbocycles. The molecule has 1 aliphatic rings. The van der Waals surface area contributed by atoms with Crippen LogP contribution in [0.5, 0.6) is 0 Å². The van der Waals surface area contributed by atoms with Crippen molar-refractivity contribution in [2.24, 2.45) is 0 Å². The number of ether oxygens (including phenoxy) is 1. The maximum absolute atomic E-state index is 11.8. The standard InChI is InChI=1S/C14H19N3O4/c1-9-7-17(8-10(2)21-9)11-3-4-15-12(5-11)14(20)16-6-13(18)19/h3-5,9-10H,6-8H2,1-2H3,(H,16,20)(H,18,19). The third kappa shape index (κ3) is 4.16. The minimum absolute atomic E-state index is 0.117. The highest BCUT2D eigenvalue weighted by Crippen LogP contribution is 2.20. The molecule has 2 rings (SSSR count). The fourth-order valence-corrected chi connectivity index (χ4v) is 2.38. The monoisotopic (exact) mass is 293 g/mol. The number of nitrogens with zero attached hydrogens (tertiary/aromatic N) is 2. The van der Waals surface area contributed by atoms with Crippen LogP contribution in [0.1, 0.15) is 24.3 Å². The number of hydrogen-bond acceptors (Lipinski definition) is 5. The van der Waals surface area contributed by atoms with E-state index in [2.05, 4.69) is 15.2 Å². The van der Waals surface area contributed by atoms with Gasteiger partial charge in [-0.1, -0.05) is 0 Å². The number of carbonyl (C=O) groups excluding carboxylic acids is 1. The molecule has 21 heavy (non-hydrogen) atoms. The van der Waals surface area contributed by atoms with Gasteiger partial charge < -0.3 is 20.1 Å². The number of nitrogens with one attached hydrogen (secondary N) is 1. The normalized spacial score (nSPS) is 21.9. The van der Waals surface area contributed by atoms with Gasteiger partial charge in [-0.2, -0.15) is 0 Å². The topological polar surface area (TPSA) is 91.8 Å². The molecule has 1 saturated heterocycles. The molecule has 7 nitrogen and oxygen atoms in total. The Labute approximate surface area is 122 Å². The van der Waals surface area contributed by atoms with Crippen LogP contribution in [0.3, 0.4) is 0 Å². The molecule has 2 atom stereocenters. The largest absolute Gasteiger partial charge is 0.480 e. The zero-order valence-corrected chi connectivity index (χ0v) is 12.1. The lowest BCUT2D eigenvalue weighted by molar-refractivity contribution is -0.135. The van der Waals surface area contributed by atoms with Crippen LogP contribution in [0.25, 0.3) is 0 Å². The molecular formula is C14H19N3O4. The van der Waals surface area contributed by atoms with Crippen molar-refractivity contribution in [3.63, 3.8) is 0 Å². The molecule has 2 unspecified atom stereocenters. The average Bonchev–Trinajstić information content (AvgIpc) is 2.44. The lowest BCUT2D eigenvalue weighted by Crippen LogP contribution is -2.45. The van der Waals surface area contributed by atoms with Crippen LogP contribution >= 0.6 is 0 Å². The maximum Gasteiger partial charge on any atom is 0.322 e. The van der Waals surface area contributed by atoms with Crippen molar-refractivity contribution in [3.8, 4) is 0 Å². The molecule has 1 aromatic heterocycles. The summed E-state index contributed by atoms with van der Waals surface area (Å²) < 4.78 is 5.68. The molecular weight excluding hydrogens is 274 g/mol. The van der Waals surface area contributed by atoms with Crippen LogP contribution < -0.4 is 10.2 Å². The third-order valence-corrected chi connectivity index (χ3v) is 3.16. The molecule has 2 N–H and O–H groups in total. The summed E-state index contributed by atoms with van der Waals surface area (Å²) in [4.78, 5) is 28.4. The predicted octanol–water partition coefficient (Wildman–Crippen LogP) is 0.510. The Balaban J connectivity index is 2.10. The number of amides is 1. The first-order chi connectivity index (χ1) is 9.95. The summed E-state index contributed by atoms with van der Waals surface area (Å²) in [6.07, 6.45) is 1.79. The first-order valence-electron chi connectivity index (χ1n) is 6.82. The summed E-state index contributed by atoms with van der Waals surface area (Å²) in [7, 11) is 0. The Morgan fingerprint density at radius 2 is 2.10 bits per heavy atom.